The number of rotatable bonds is 6. The van der Waals surface area contributed by atoms with Crippen LogP contribution in [0.1, 0.15) is 11.1 Å². The number of carbonyl (C=O) groups is 1. The summed E-state index contributed by atoms with van der Waals surface area (Å²) in [5, 5.41) is 5.65. The standard InChI is InChI=1S/C12H18N2O2/c1-13-12(15)8-14-7-10-5-3-4-6-11(10)9-16-2/h3-6,14H,7-9H2,1-2H3,(H,13,15). The predicted molar refractivity (Wildman–Crippen MR) is 62.9 cm³/mol. The molecule has 1 rings (SSSR count). The molecular weight excluding hydrogens is 204 g/mol. The normalized spacial score (nSPS) is 10.1. The smallest absolute Gasteiger partial charge is 0.233 e. The van der Waals surface area contributed by atoms with E-state index in [1.807, 2.05) is 24.3 Å². The molecule has 88 valence electrons. The van der Waals surface area contributed by atoms with Gasteiger partial charge < -0.3 is 15.4 Å². The molecule has 1 aromatic carbocycles. The first-order chi connectivity index (χ1) is 7.77. The van der Waals surface area contributed by atoms with Gasteiger partial charge in [0.25, 0.3) is 0 Å². The monoisotopic (exact) mass is 222 g/mol. The van der Waals surface area contributed by atoms with Gasteiger partial charge in [0, 0.05) is 20.7 Å². The van der Waals surface area contributed by atoms with Crippen LogP contribution in [-0.4, -0.2) is 26.6 Å². The summed E-state index contributed by atoms with van der Waals surface area (Å²) in [7, 11) is 3.30. The van der Waals surface area contributed by atoms with Crippen LogP contribution in [0, 0.1) is 0 Å². The van der Waals surface area contributed by atoms with Crippen LogP contribution in [0.15, 0.2) is 24.3 Å². The Balaban J connectivity index is 2.49. The number of carbonyl (C=O) groups excluding carboxylic acids is 1. The fraction of sp³-hybridized carbons (Fsp3) is 0.417. The molecule has 0 atom stereocenters. The van der Waals surface area contributed by atoms with E-state index in [-0.39, 0.29) is 5.91 Å². The van der Waals surface area contributed by atoms with Gasteiger partial charge in [-0.05, 0) is 11.1 Å². The van der Waals surface area contributed by atoms with Crippen LogP contribution in [-0.2, 0) is 22.7 Å². The molecule has 0 radical (unpaired) electrons. The third kappa shape index (κ3) is 4.00. The van der Waals surface area contributed by atoms with Crippen molar-refractivity contribution in [3.8, 4) is 0 Å². The maximum Gasteiger partial charge on any atom is 0.233 e. The van der Waals surface area contributed by atoms with Crippen molar-refractivity contribution < 1.29 is 9.53 Å². The van der Waals surface area contributed by atoms with Crippen molar-refractivity contribution in [1.82, 2.24) is 10.6 Å². The minimum atomic E-state index is -0.00998. The van der Waals surface area contributed by atoms with Crippen LogP contribution in [0.25, 0.3) is 0 Å². The average Bonchev–Trinajstić information content (AvgIpc) is 2.31. The molecule has 16 heavy (non-hydrogen) atoms. The summed E-state index contributed by atoms with van der Waals surface area (Å²) < 4.78 is 5.11. The lowest BCUT2D eigenvalue weighted by atomic mass is 10.1. The van der Waals surface area contributed by atoms with Crippen LogP contribution in [0.3, 0.4) is 0 Å². The van der Waals surface area contributed by atoms with Gasteiger partial charge in [-0.25, -0.2) is 0 Å². The number of nitrogens with one attached hydrogen (secondary N) is 2. The number of hydrogen-bond donors (Lipinski definition) is 2. The first kappa shape index (κ1) is 12.7. The highest BCUT2D eigenvalue weighted by molar-refractivity contribution is 5.77. The molecular formula is C12H18N2O2. The lowest BCUT2D eigenvalue weighted by molar-refractivity contribution is -0.119. The fourth-order valence-corrected chi connectivity index (χ4v) is 1.43. The van der Waals surface area contributed by atoms with E-state index < -0.39 is 0 Å². The molecule has 0 aromatic heterocycles. The summed E-state index contributed by atoms with van der Waals surface area (Å²) in [6.45, 7) is 1.60. The van der Waals surface area contributed by atoms with Crippen molar-refractivity contribution in [2.24, 2.45) is 0 Å². The van der Waals surface area contributed by atoms with Gasteiger partial charge in [-0.3, -0.25) is 4.79 Å². The number of likely N-dealkylation sites (N-methyl/N-ethyl adjacent to an activating group) is 1. The molecule has 0 saturated carbocycles. The molecule has 0 fully saturated rings. The SMILES string of the molecule is CNC(=O)CNCc1ccccc1COC. The van der Waals surface area contributed by atoms with Crippen molar-refractivity contribution in [3.05, 3.63) is 35.4 Å². The Bertz CT molecular complexity index is 340. The van der Waals surface area contributed by atoms with Gasteiger partial charge in [0.05, 0.1) is 13.2 Å². The zero-order valence-corrected chi connectivity index (χ0v) is 9.75. The molecule has 0 aliphatic carbocycles. The number of amides is 1. The van der Waals surface area contributed by atoms with E-state index in [4.69, 9.17) is 4.74 Å². The zero-order chi connectivity index (χ0) is 11.8. The highest BCUT2D eigenvalue weighted by atomic mass is 16.5. The van der Waals surface area contributed by atoms with E-state index in [1.165, 1.54) is 0 Å². The van der Waals surface area contributed by atoms with E-state index in [1.54, 1.807) is 14.2 Å². The average molecular weight is 222 g/mol. The van der Waals surface area contributed by atoms with Crippen molar-refractivity contribution in [3.63, 3.8) is 0 Å². The highest BCUT2D eigenvalue weighted by Gasteiger charge is 2.02. The fourth-order valence-electron chi connectivity index (χ4n) is 1.43. The van der Waals surface area contributed by atoms with E-state index in [9.17, 15) is 4.79 Å². The van der Waals surface area contributed by atoms with Crippen LogP contribution in [0.2, 0.25) is 0 Å². The Morgan fingerprint density at radius 1 is 1.31 bits per heavy atom. The van der Waals surface area contributed by atoms with Gasteiger partial charge in [0.15, 0.2) is 0 Å². The van der Waals surface area contributed by atoms with Crippen LogP contribution in [0.5, 0.6) is 0 Å². The van der Waals surface area contributed by atoms with E-state index >= 15 is 0 Å². The van der Waals surface area contributed by atoms with Gasteiger partial charge in [0.2, 0.25) is 5.91 Å². The van der Waals surface area contributed by atoms with Gasteiger partial charge in [0.1, 0.15) is 0 Å². The highest BCUT2D eigenvalue weighted by Crippen LogP contribution is 2.09. The largest absolute Gasteiger partial charge is 0.380 e. The maximum atomic E-state index is 11.0. The molecule has 4 nitrogen and oxygen atoms in total. The second kappa shape index (κ2) is 6.98. The van der Waals surface area contributed by atoms with Gasteiger partial charge in [-0.15, -0.1) is 0 Å². The van der Waals surface area contributed by atoms with Gasteiger partial charge in [-0.2, -0.15) is 0 Å². The molecule has 1 aromatic rings. The number of methoxy groups -OCH3 is 1. The molecule has 4 heteroatoms. The molecule has 0 aliphatic heterocycles. The second-order valence-electron chi connectivity index (χ2n) is 3.48. The molecule has 0 unspecified atom stereocenters. The third-order valence-electron chi connectivity index (χ3n) is 2.30. The number of ether oxygens (including phenoxy) is 1. The quantitative estimate of drug-likeness (QED) is 0.743. The summed E-state index contributed by atoms with van der Waals surface area (Å²) >= 11 is 0. The summed E-state index contributed by atoms with van der Waals surface area (Å²) in [4.78, 5) is 11.0. The Morgan fingerprint density at radius 2 is 2.00 bits per heavy atom. The molecule has 0 heterocycles. The Kier molecular flexibility index (Phi) is 5.53. The van der Waals surface area contributed by atoms with Gasteiger partial charge in [-0.1, -0.05) is 24.3 Å². The minimum absolute atomic E-state index is 0.00998. The Labute approximate surface area is 96.0 Å². The van der Waals surface area contributed by atoms with E-state index in [0.717, 1.165) is 11.1 Å². The molecule has 0 spiro atoms. The van der Waals surface area contributed by atoms with Crippen molar-refractivity contribution >= 4 is 5.91 Å². The Morgan fingerprint density at radius 3 is 2.62 bits per heavy atom. The summed E-state index contributed by atoms with van der Waals surface area (Å²) in [5.41, 5.74) is 2.31. The predicted octanol–water partition coefficient (Wildman–Crippen LogP) is 0.669. The zero-order valence-electron chi connectivity index (χ0n) is 9.75. The molecule has 2 N–H and O–H groups in total. The molecule has 0 aliphatic rings. The summed E-state index contributed by atoms with van der Waals surface area (Å²) in [5.74, 6) is -0.00998. The topological polar surface area (TPSA) is 50.4 Å². The van der Waals surface area contributed by atoms with Crippen molar-refractivity contribution in [2.45, 2.75) is 13.2 Å². The maximum absolute atomic E-state index is 11.0. The molecule has 0 saturated heterocycles. The van der Waals surface area contributed by atoms with Crippen molar-refractivity contribution in [1.29, 1.82) is 0 Å². The molecule has 0 bridgehead atoms. The van der Waals surface area contributed by atoms with Gasteiger partial charge >= 0.3 is 0 Å². The van der Waals surface area contributed by atoms with E-state index in [0.29, 0.717) is 19.7 Å². The van der Waals surface area contributed by atoms with Crippen LogP contribution >= 0.6 is 0 Å². The first-order valence-corrected chi connectivity index (χ1v) is 5.25. The minimum Gasteiger partial charge on any atom is -0.380 e. The van der Waals surface area contributed by atoms with E-state index in [2.05, 4.69) is 10.6 Å². The third-order valence-corrected chi connectivity index (χ3v) is 2.30. The second-order valence-corrected chi connectivity index (χ2v) is 3.48. The van der Waals surface area contributed by atoms with Crippen LogP contribution < -0.4 is 10.6 Å². The lowest BCUT2D eigenvalue weighted by Crippen LogP contribution is -2.31. The summed E-state index contributed by atoms with van der Waals surface area (Å²) in [6.07, 6.45) is 0. The molecule has 1 amide bonds. The number of benzene rings is 1. The first-order valence-electron chi connectivity index (χ1n) is 5.25. The lowest BCUT2D eigenvalue weighted by Gasteiger charge is -2.09. The summed E-state index contributed by atoms with van der Waals surface area (Å²) in [6, 6.07) is 8.03. The Hall–Kier alpha value is -1.39. The van der Waals surface area contributed by atoms with Crippen molar-refractivity contribution in [2.75, 3.05) is 20.7 Å². The number of hydrogen-bond acceptors (Lipinski definition) is 3. The van der Waals surface area contributed by atoms with Crippen LogP contribution in [0.4, 0.5) is 0 Å².